The second-order valence-electron chi connectivity index (χ2n) is 4.36. The molecule has 96 valence electrons. The maximum atomic E-state index is 11.9. The summed E-state index contributed by atoms with van der Waals surface area (Å²) >= 11 is 0. The summed E-state index contributed by atoms with van der Waals surface area (Å²) in [6, 6.07) is 5.12. The normalized spacial score (nSPS) is 15.7. The van der Waals surface area contributed by atoms with E-state index in [1.54, 1.807) is 12.4 Å². The standard InChI is InChI=1S/C13H12N4O2/c14-10-7-15-6-9-8(10)2-1-3-11(9)17-5-4-12(18)16-13(17)19/h1-3,6-7H,4-5,14H2,(H,16,18,19). The third-order valence-electron chi connectivity index (χ3n) is 3.16. The van der Waals surface area contributed by atoms with Crippen LogP contribution in [0.4, 0.5) is 16.2 Å². The summed E-state index contributed by atoms with van der Waals surface area (Å²) in [6.07, 6.45) is 3.54. The highest BCUT2D eigenvalue weighted by atomic mass is 16.2. The van der Waals surface area contributed by atoms with Crippen LogP contribution in [0.1, 0.15) is 6.42 Å². The number of aromatic nitrogens is 1. The highest BCUT2D eigenvalue weighted by Gasteiger charge is 2.25. The Hall–Kier alpha value is -2.63. The number of pyridine rings is 1. The summed E-state index contributed by atoms with van der Waals surface area (Å²) in [5, 5.41) is 3.95. The molecule has 1 aliphatic rings. The number of nitrogen functional groups attached to an aromatic ring is 1. The number of rotatable bonds is 1. The van der Waals surface area contributed by atoms with Gasteiger partial charge in [0.15, 0.2) is 0 Å². The number of benzene rings is 1. The van der Waals surface area contributed by atoms with Crippen LogP contribution >= 0.6 is 0 Å². The van der Waals surface area contributed by atoms with Gasteiger partial charge in [-0.3, -0.25) is 20.0 Å². The van der Waals surface area contributed by atoms with Crippen LogP contribution in [0.25, 0.3) is 10.8 Å². The molecule has 6 nitrogen and oxygen atoms in total. The van der Waals surface area contributed by atoms with Crippen molar-refractivity contribution in [2.45, 2.75) is 6.42 Å². The molecule has 19 heavy (non-hydrogen) atoms. The number of imide groups is 1. The first-order chi connectivity index (χ1) is 9.16. The zero-order chi connectivity index (χ0) is 13.4. The molecule has 1 aromatic heterocycles. The highest BCUT2D eigenvalue weighted by Crippen LogP contribution is 2.30. The number of anilines is 2. The Labute approximate surface area is 109 Å². The van der Waals surface area contributed by atoms with E-state index in [9.17, 15) is 9.59 Å². The Morgan fingerprint density at radius 1 is 1.21 bits per heavy atom. The van der Waals surface area contributed by atoms with Crippen molar-refractivity contribution in [3.63, 3.8) is 0 Å². The number of amides is 3. The van der Waals surface area contributed by atoms with Crippen LogP contribution in [0.3, 0.4) is 0 Å². The molecule has 0 unspecified atom stereocenters. The minimum Gasteiger partial charge on any atom is -0.397 e. The van der Waals surface area contributed by atoms with Gasteiger partial charge >= 0.3 is 6.03 Å². The molecule has 2 heterocycles. The molecule has 1 aliphatic heterocycles. The van der Waals surface area contributed by atoms with Gasteiger partial charge in [0, 0.05) is 29.9 Å². The van der Waals surface area contributed by atoms with Gasteiger partial charge in [0.1, 0.15) is 0 Å². The second-order valence-corrected chi connectivity index (χ2v) is 4.36. The molecule has 3 amide bonds. The van der Waals surface area contributed by atoms with Crippen molar-refractivity contribution in [1.29, 1.82) is 0 Å². The van der Waals surface area contributed by atoms with E-state index in [1.165, 1.54) is 4.90 Å². The van der Waals surface area contributed by atoms with Gasteiger partial charge in [-0.25, -0.2) is 4.79 Å². The maximum absolute atomic E-state index is 11.9. The van der Waals surface area contributed by atoms with Crippen LogP contribution in [0.2, 0.25) is 0 Å². The number of carbonyl (C=O) groups excluding carboxylic acids is 2. The van der Waals surface area contributed by atoms with Crippen LogP contribution in [0, 0.1) is 0 Å². The quantitative estimate of drug-likeness (QED) is 0.804. The van der Waals surface area contributed by atoms with Crippen molar-refractivity contribution in [2.75, 3.05) is 17.2 Å². The number of nitrogens with zero attached hydrogens (tertiary/aromatic N) is 2. The Bertz CT molecular complexity index is 683. The summed E-state index contributed by atoms with van der Waals surface area (Å²) < 4.78 is 0. The van der Waals surface area contributed by atoms with Crippen molar-refractivity contribution in [3.8, 4) is 0 Å². The molecule has 0 aliphatic carbocycles. The van der Waals surface area contributed by atoms with Gasteiger partial charge in [-0.2, -0.15) is 0 Å². The van der Waals surface area contributed by atoms with Crippen molar-refractivity contribution in [1.82, 2.24) is 10.3 Å². The molecule has 2 aromatic rings. The lowest BCUT2D eigenvalue weighted by Gasteiger charge is -2.27. The van der Waals surface area contributed by atoms with Gasteiger partial charge in [0.25, 0.3) is 0 Å². The average Bonchev–Trinajstić information content (AvgIpc) is 2.39. The largest absolute Gasteiger partial charge is 0.397 e. The summed E-state index contributed by atoms with van der Waals surface area (Å²) in [4.78, 5) is 28.6. The van der Waals surface area contributed by atoms with Crippen LogP contribution in [0.5, 0.6) is 0 Å². The fraction of sp³-hybridized carbons (Fsp3) is 0.154. The Morgan fingerprint density at radius 3 is 2.84 bits per heavy atom. The predicted octanol–water partition coefficient (Wildman–Crippen LogP) is 1.26. The molecule has 3 rings (SSSR count). The Balaban J connectivity index is 2.13. The van der Waals surface area contributed by atoms with E-state index >= 15 is 0 Å². The van der Waals surface area contributed by atoms with Gasteiger partial charge in [-0.1, -0.05) is 12.1 Å². The van der Waals surface area contributed by atoms with E-state index in [4.69, 9.17) is 5.73 Å². The van der Waals surface area contributed by atoms with Crippen LogP contribution in [-0.4, -0.2) is 23.5 Å². The first-order valence-electron chi connectivity index (χ1n) is 5.90. The van der Waals surface area contributed by atoms with Crippen molar-refractivity contribution < 1.29 is 9.59 Å². The predicted molar refractivity (Wildman–Crippen MR) is 71.7 cm³/mol. The second kappa shape index (κ2) is 4.24. The molecule has 1 saturated heterocycles. The number of nitrogens with two attached hydrogens (primary N) is 1. The first-order valence-corrected chi connectivity index (χ1v) is 5.90. The lowest BCUT2D eigenvalue weighted by molar-refractivity contribution is -0.120. The number of carbonyl (C=O) groups is 2. The monoisotopic (exact) mass is 256 g/mol. The van der Waals surface area contributed by atoms with Crippen LogP contribution in [0.15, 0.2) is 30.6 Å². The molecule has 0 spiro atoms. The Morgan fingerprint density at radius 2 is 2.05 bits per heavy atom. The minimum atomic E-state index is -0.411. The van der Waals surface area contributed by atoms with Gasteiger partial charge in [0.2, 0.25) is 5.91 Å². The molecular weight excluding hydrogens is 244 g/mol. The van der Waals surface area contributed by atoms with E-state index in [2.05, 4.69) is 10.3 Å². The number of urea groups is 1. The van der Waals surface area contributed by atoms with Crippen LogP contribution in [-0.2, 0) is 4.79 Å². The first kappa shape index (κ1) is 11.5. The van der Waals surface area contributed by atoms with E-state index in [1.807, 2.05) is 18.2 Å². The van der Waals surface area contributed by atoms with E-state index < -0.39 is 6.03 Å². The van der Waals surface area contributed by atoms with Gasteiger partial charge in [-0.15, -0.1) is 0 Å². The average molecular weight is 256 g/mol. The van der Waals surface area contributed by atoms with Crippen molar-refractivity contribution >= 4 is 34.1 Å². The van der Waals surface area contributed by atoms with E-state index in [-0.39, 0.29) is 12.3 Å². The molecule has 0 radical (unpaired) electrons. The maximum Gasteiger partial charge on any atom is 0.328 e. The van der Waals surface area contributed by atoms with E-state index in [0.717, 1.165) is 10.8 Å². The number of nitrogens with one attached hydrogen (secondary N) is 1. The van der Waals surface area contributed by atoms with Crippen molar-refractivity contribution in [2.24, 2.45) is 0 Å². The SMILES string of the molecule is Nc1cncc2c(N3CCC(=O)NC3=O)cccc12. The Kier molecular flexibility index (Phi) is 2.56. The third-order valence-corrected chi connectivity index (χ3v) is 3.16. The van der Waals surface area contributed by atoms with Crippen LogP contribution < -0.4 is 16.0 Å². The topological polar surface area (TPSA) is 88.3 Å². The fourth-order valence-corrected chi connectivity index (χ4v) is 2.23. The van der Waals surface area contributed by atoms with E-state index in [0.29, 0.717) is 17.9 Å². The zero-order valence-electron chi connectivity index (χ0n) is 10.1. The number of fused-ring (bicyclic) bond motifs is 1. The summed E-state index contributed by atoms with van der Waals surface area (Å²) in [7, 11) is 0. The molecule has 0 saturated carbocycles. The highest BCUT2D eigenvalue weighted by molar-refractivity contribution is 6.11. The number of hydrogen-bond acceptors (Lipinski definition) is 4. The molecular formula is C13H12N4O2. The third kappa shape index (κ3) is 1.87. The lowest BCUT2D eigenvalue weighted by Crippen LogP contribution is -2.49. The lowest BCUT2D eigenvalue weighted by atomic mass is 10.1. The van der Waals surface area contributed by atoms with Crippen molar-refractivity contribution in [3.05, 3.63) is 30.6 Å². The summed E-state index contributed by atoms with van der Waals surface area (Å²) in [6.45, 7) is 0.360. The summed E-state index contributed by atoms with van der Waals surface area (Å²) in [5.74, 6) is -0.251. The number of hydrogen-bond donors (Lipinski definition) is 2. The fourth-order valence-electron chi connectivity index (χ4n) is 2.23. The smallest absolute Gasteiger partial charge is 0.328 e. The molecule has 3 N–H and O–H groups in total. The van der Waals surface area contributed by atoms with Gasteiger partial charge in [-0.05, 0) is 6.07 Å². The molecule has 6 heteroatoms. The van der Waals surface area contributed by atoms with Gasteiger partial charge < -0.3 is 5.73 Å². The zero-order valence-corrected chi connectivity index (χ0v) is 10.1. The molecule has 0 atom stereocenters. The molecule has 1 fully saturated rings. The van der Waals surface area contributed by atoms with Gasteiger partial charge in [0.05, 0.1) is 17.6 Å². The molecule has 0 bridgehead atoms. The molecule has 1 aromatic carbocycles. The summed E-state index contributed by atoms with van der Waals surface area (Å²) in [5.41, 5.74) is 7.15. The minimum absolute atomic E-state index is 0.251.